The van der Waals surface area contributed by atoms with E-state index in [9.17, 15) is 4.79 Å². The molecule has 3 rings (SSSR count). The Balaban J connectivity index is 2.07. The molecule has 1 heterocycles. The lowest BCUT2D eigenvalue weighted by Gasteiger charge is -2.17. The SMILES string of the molecule is COCCCN(C)C(=O)c1cn(-c2ccccc2)nc1-c1ccc(OC)cc1OC. The zero-order valence-electron chi connectivity index (χ0n) is 17.8. The number of amides is 1. The molecule has 2 aromatic carbocycles. The van der Waals surface area contributed by atoms with E-state index in [1.165, 1.54) is 0 Å². The second-order valence-corrected chi connectivity index (χ2v) is 6.81. The van der Waals surface area contributed by atoms with E-state index in [4.69, 9.17) is 19.3 Å². The van der Waals surface area contributed by atoms with Crippen molar-refractivity contribution >= 4 is 5.91 Å². The predicted molar refractivity (Wildman–Crippen MR) is 116 cm³/mol. The van der Waals surface area contributed by atoms with Crippen molar-refractivity contribution in [1.82, 2.24) is 14.7 Å². The zero-order chi connectivity index (χ0) is 21.5. The smallest absolute Gasteiger partial charge is 0.257 e. The van der Waals surface area contributed by atoms with Crippen LogP contribution in [0.1, 0.15) is 16.8 Å². The number of aromatic nitrogens is 2. The minimum atomic E-state index is -0.110. The number of methoxy groups -OCH3 is 3. The molecule has 0 spiro atoms. The molecule has 0 bridgehead atoms. The van der Waals surface area contributed by atoms with Crippen molar-refractivity contribution in [3.63, 3.8) is 0 Å². The van der Waals surface area contributed by atoms with Gasteiger partial charge in [0.15, 0.2) is 0 Å². The number of ether oxygens (including phenoxy) is 3. The number of rotatable bonds is 9. The van der Waals surface area contributed by atoms with Gasteiger partial charge in [0, 0.05) is 45.1 Å². The molecule has 0 unspecified atom stereocenters. The first-order valence-electron chi connectivity index (χ1n) is 9.71. The van der Waals surface area contributed by atoms with Crippen molar-refractivity contribution in [2.75, 3.05) is 41.5 Å². The Morgan fingerprint density at radius 1 is 1.07 bits per heavy atom. The first-order chi connectivity index (χ1) is 14.6. The van der Waals surface area contributed by atoms with E-state index >= 15 is 0 Å². The number of para-hydroxylation sites is 1. The molecule has 0 aliphatic rings. The molecule has 30 heavy (non-hydrogen) atoms. The van der Waals surface area contributed by atoms with Crippen molar-refractivity contribution in [2.24, 2.45) is 0 Å². The van der Waals surface area contributed by atoms with Crippen LogP contribution in [0.15, 0.2) is 54.7 Å². The minimum absolute atomic E-state index is 0.110. The number of carbonyl (C=O) groups is 1. The number of hydrogen-bond donors (Lipinski definition) is 0. The van der Waals surface area contributed by atoms with Gasteiger partial charge < -0.3 is 19.1 Å². The molecular weight excluding hydrogens is 382 g/mol. The Hall–Kier alpha value is -3.32. The van der Waals surface area contributed by atoms with E-state index in [1.807, 2.05) is 42.5 Å². The average molecular weight is 409 g/mol. The maximum Gasteiger partial charge on any atom is 0.257 e. The zero-order valence-corrected chi connectivity index (χ0v) is 17.8. The van der Waals surface area contributed by atoms with Crippen LogP contribution in [0.25, 0.3) is 16.9 Å². The monoisotopic (exact) mass is 409 g/mol. The fraction of sp³-hybridized carbons (Fsp3) is 0.304. The van der Waals surface area contributed by atoms with Gasteiger partial charge in [-0.25, -0.2) is 4.68 Å². The molecule has 0 radical (unpaired) electrons. The molecule has 0 fully saturated rings. The van der Waals surface area contributed by atoms with Crippen LogP contribution < -0.4 is 9.47 Å². The third kappa shape index (κ3) is 4.63. The molecule has 1 aromatic heterocycles. The summed E-state index contributed by atoms with van der Waals surface area (Å²) in [4.78, 5) is 15.0. The standard InChI is InChI=1S/C23H27N3O4/c1-25(13-8-14-28-2)23(27)20-16-26(17-9-6-5-7-10-17)24-22(20)19-12-11-18(29-3)15-21(19)30-4/h5-7,9-12,15-16H,8,13-14H2,1-4H3. The highest BCUT2D eigenvalue weighted by Gasteiger charge is 2.23. The van der Waals surface area contributed by atoms with Gasteiger partial charge in [0.2, 0.25) is 0 Å². The second-order valence-electron chi connectivity index (χ2n) is 6.81. The van der Waals surface area contributed by atoms with Gasteiger partial charge in [-0.15, -0.1) is 0 Å². The van der Waals surface area contributed by atoms with Gasteiger partial charge in [-0.2, -0.15) is 5.10 Å². The molecule has 0 saturated heterocycles. The summed E-state index contributed by atoms with van der Waals surface area (Å²) in [5, 5.41) is 4.74. The van der Waals surface area contributed by atoms with Gasteiger partial charge in [0.1, 0.15) is 17.2 Å². The van der Waals surface area contributed by atoms with Crippen LogP contribution in [-0.2, 0) is 4.74 Å². The van der Waals surface area contributed by atoms with Crippen LogP contribution in [0.4, 0.5) is 0 Å². The van der Waals surface area contributed by atoms with Crippen LogP contribution in [0.3, 0.4) is 0 Å². The molecule has 1 amide bonds. The summed E-state index contributed by atoms with van der Waals surface area (Å²) < 4.78 is 17.7. The summed E-state index contributed by atoms with van der Waals surface area (Å²) in [5.74, 6) is 1.15. The van der Waals surface area contributed by atoms with Crippen LogP contribution in [-0.4, -0.2) is 62.1 Å². The van der Waals surface area contributed by atoms with Crippen LogP contribution in [0, 0.1) is 0 Å². The number of benzene rings is 2. The van der Waals surface area contributed by atoms with Gasteiger partial charge >= 0.3 is 0 Å². The summed E-state index contributed by atoms with van der Waals surface area (Å²) in [6.07, 6.45) is 2.52. The lowest BCUT2D eigenvalue weighted by molar-refractivity contribution is 0.0780. The van der Waals surface area contributed by atoms with E-state index in [0.29, 0.717) is 35.9 Å². The van der Waals surface area contributed by atoms with Crippen molar-refractivity contribution in [2.45, 2.75) is 6.42 Å². The summed E-state index contributed by atoms with van der Waals surface area (Å²) >= 11 is 0. The Morgan fingerprint density at radius 2 is 1.83 bits per heavy atom. The molecule has 0 aliphatic heterocycles. The Morgan fingerprint density at radius 3 is 2.50 bits per heavy atom. The number of nitrogens with zero attached hydrogens (tertiary/aromatic N) is 3. The summed E-state index contributed by atoms with van der Waals surface area (Å²) in [7, 11) is 6.62. The van der Waals surface area contributed by atoms with Crippen molar-refractivity contribution in [3.8, 4) is 28.4 Å². The fourth-order valence-corrected chi connectivity index (χ4v) is 3.19. The van der Waals surface area contributed by atoms with Crippen molar-refractivity contribution in [3.05, 3.63) is 60.3 Å². The van der Waals surface area contributed by atoms with Crippen molar-refractivity contribution < 1.29 is 19.0 Å². The number of hydrogen-bond acceptors (Lipinski definition) is 5. The van der Waals surface area contributed by atoms with Gasteiger partial charge in [-0.1, -0.05) is 18.2 Å². The highest BCUT2D eigenvalue weighted by Crippen LogP contribution is 2.35. The molecule has 0 N–H and O–H groups in total. The van der Waals surface area contributed by atoms with Gasteiger partial charge in [0.25, 0.3) is 5.91 Å². The van der Waals surface area contributed by atoms with Crippen LogP contribution >= 0.6 is 0 Å². The normalized spacial score (nSPS) is 10.7. The molecule has 158 valence electrons. The molecule has 7 nitrogen and oxygen atoms in total. The largest absolute Gasteiger partial charge is 0.497 e. The lowest BCUT2D eigenvalue weighted by atomic mass is 10.1. The second kappa shape index (κ2) is 9.93. The number of carbonyl (C=O) groups excluding carboxylic acids is 1. The summed E-state index contributed by atoms with van der Waals surface area (Å²) in [5.41, 5.74) is 2.65. The quantitative estimate of drug-likeness (QED) is 0.505. The van der Waals surface area contributed by atoms with E-state index in [-0.39, 0.29) is 5.91 Å². The fourth-order valence-electron chi connectivity index (χ4n) is 3.19. The van der Waals surface area contributed by atoms with Gasteiger partial charge in [0.05, 0.1) is 25.5 Å². The maximum atomic E-state index is 13.3. The highest BCUT2D eigenvalue weighted by atomic mass is 16.5. The summed E-state index contributed by atoms with van der Waals surface area (Å²) in [6, 6.07) is 15.2. The third-order valence-corrected chi connectivity index (χ3v) is 4.82. The third-order valence-electron chi connectivity index (χ3n) is 4.82. The first-order valence-corrected chi connectivity index (χ1v) is 9.71. The Kier molecular flexibility index (Phi) is 7.08. The molecule has 0 aliphatic carbocycles. The van der Waals surface area contributed by atoms with E-state index in [2.05, 4.69) is 0 Å². The Bertz CT molecular complexity index is 985. The van der Waals surface area contributed by atoms with Crippen LogP contribution in [0.2, 0.25) is 0 Å². The molecule has 7 heteroatoms. The van der Waals surface area contributed by atoms with Gasteiger partial charge in [-0.05, 0) is 30.7 Å². The van der Waals surface area contributed by atoms with E-state index in [0.717, 1.165) is 17.7 Å². The minimum Gasteiger partial charge on any atom is -0.497 e. The van der Waals surface area contributed by atoms with Gasteiger partial charge in [-0.3, -0.25) is 4.79 Å². The molecule has 0 saturated carbocycles. The maximum absolute atomic E-state index is 13.3. The molecule has 3 aromatic rings. The van der Waals surface area contributed by atoms with Crippen LogP contribution in [0.5, 0.6) is 11.5 Å². The first kappa shape index (κ1) is 21.4. The highest BCUT2D eigenvalue weighted by molar-refractivity contribution is 6.00. The molecule has 0 atom stereocenters. The van der Waals surface area contributed by atoms with E-state index < -0.39 is 0 Å². The topological polar surface area (TPSA) is 65.8 Å². The lowest BCUT2D eigenvalue weighted by Crippen LogP contribution is -2.28. The molecular formula is C23H27N3O4. The average Bonchev–Trinajstić information content (AvgIpc) is 3.24. The van der Waals surface area contributed by atoms with E-state index in [1.54, 1.807) is 50.2 Å². The summed E-state index contributed by atoms with van der Waals surface area (Å²) in [6.45, 7) is 1.18. The van der Waals surface area contributed by atoms with Crippen molar-refractivity contribution in [1.29, 1.82) is 0 Å². The predicted octanol–water partition coefficient (Wildman–Crippen LogP) is 3.67. The Labute approximate surface area is 176 Å².